The molecule has 0 fully saturated rings. The van der Waals surface area contributed by atoms with Crippen LogP contribution in [0.4, 0.5) is 10.5 Å². The maximum atomic E-state index is 13.0. The molecular formula is C22H27N5O3. The van der Waals surface area contributed by atoms with Crippen molar-refractivity contribution in [2.75, 3.05) is 38.7 Å². The van der Waals surface area contributed by atoms with Crippen molar-refractivity contribution in [3.05, 3.63) is 66.5 Å². The van der Waals surface area contributed by atoms with Gasteiger partial charge in [-0.1, -0.05) is 12.1 Å². The first-order valence-corrected chi connectivity index (χ1v) is 9.52. The predicted octanol–water partition coefficient (Wildman–Crippen LogP) is 2.59. The summed E-state index contributed by atoms with van der Waals surface area (Å²) in [6.07, 6.45) is 3.48. The molecule has 0 bridgehead atoms. The average molecular weight is 409 g/mol. The molecule has 0 aliphatic carbocycles. The van der Waals surface area contributed by atoms with Crippen LogP contribution in [0, 0.1) is 11.3 Å². The molecule has 0 spiro atoms. The number of rotatable bonds is 10. The lowest BCUT2D eigenvalue weighted by atomic mass is 10.2. The first-order chi connectivity index (χ1) is 14.5. The Kier molecular flexibility index (Phi) is 8.66. The Morgan fingerprint density at radius 3 is 2.73 bits per heavy atom. The molecule has 30 heavy (non-hydrogen) atoms. The van der Waals surface area contributed by atoms with Gasteiger partial charge >= 0.3 is 6.03 Å². The minimum atomic E-state index is -0.441. The lowest BCUT2D eigenvalue weighted by Crippen LogP contribution is -2.45. The minimum absolute atomic E-state index is 0.107. The molecule has 0 unspecified atom stereocenters. The molecule has 1 aromatic carbocycles. The van der Waals surface area contributed by atoms with Crippen LogP contribution in [0.25, 0.3) is 0 Å². The lowest BCUT2D eigenvalue weighted by Gasteiger charge is -2.27. The van der Waals surface area contributed by atoms with E-state index in [0.29, 0.717) is 30.9 Å². The van der Waals surface area contributed by atoms with E-state index in [0.717, 1.165) is 5.69 Å². The second-order valence-electron chi connectivity index (χ2n) is 6.71. The monoisotopic (exact) mass is 409 g/mol. The second-order valence-corrected chi connectivity index (χ2v) is 6.71. The van der Waals surface area contributed by atoms with Crippen molar-refractivity contribution in [2.45, 2.75) is 6.54 Å². The fourth-order valence-electron chi connectivity index (χ4n) is 2.86. The van der Waals surface area contributed by atoms with Crippen molar-refractivity contribution in [1.29, 1.82) is 5.26 Å². The van der Waals surface area contributed by atoms with Gasteiger partial charge < -0.3 is 24.4 Å². The summed E-state index contributed by atoms with van der Waals surface area (Å²) in [7, 11) is 3.50. The van der Waals surface area contributed by atoms with Gasteiger partial charge in [0.2, 0.25) is 5.91 Å². The van der Waals surface area contributed by atoms with Gasteiger partial charge in [-0.05, 0) is 30.3 Å². The van der Waals surface area contributed by atoms with Crippen LogP contribution in [0.3, 0.4) is 0 Å². The molecule has 2 aromatic rings. The van der Waals surface area contributed by atoms with Gasteiger partial charge in [0.15, 0.2) is 0 Å². The van der Waals surface area contributed by atoms with E-state index in [1.807, 2.05) is 36.0 Å². The number of ether oxygens (including phenoxy) is 1. The largest absolute Gasteiger partial charge is 0.383 e. The highest BCUT2D eigenvalue weighted by molar-refractivity contribution is 5.92. The van der Waals surface area contributed by atoms with Gasteiger partial charge in [-0.2, -0.15) is 5.26 Å². The van der Waals surface area contributed by atoms with E-state index in [1.54, 1.807) is 42.4 Å². The average Bonchev–Trinajstić information content (AvgIpc) is 3.15. The zero-order chi connectivity index (χ0) is 21.9. The molecule has 0 aliphatic rings. The summed E-state index contributed by atoms with van der Waals surface area (Å²) in [5.74, 6) is -0.198. The van der Waals surface area contributed by atoms with Crippen LogP contribution >= 0.6 is 0 Å². The number of aromatic nitrogens is 1. The van der Waals surface area contributed by atoms with Gasteiger partial charge in [-0.3, -0.25) is 4.79 Å². The van der Waals surface area contributed by atoms with E-state index in [-0.39, 0.29) is 19.0 Å². The summed E-state index contributed by atoms with van der Waals surface area (Å²) in [5, 5.41) is 11.7. The fourth-order valence-corrected chi connectivity index (χ4v) is 2.86. The summed E-state index contributed by atoms with van der Waals surface area (Å²) in [6.45, 7) is 5.00. The Balaban J connectivity index is 2.10. The van der Waals surface area contributed by atoms with E-state index in [4.69, 9.17) is 10.00 Å². The number of amides is 3. The molecule has 8 heteroatoms. The molecule has 0 saturated heterocycles. The Hall–Kier alpha value is -3.57. The maximum absolute atomic E-state index is 13.0. The van der Waals surface area contributed by atoms with Gasteiger partial charge in [-0.15, -0.1) is 6.58 Å². The Labute approximate surface area is 176 Å². The number of hydrogen-bond donors (Lipinski definition) is 1. The van der Waals surface area contributed by atoms with Gasteiger partial charge in [0, 0.05) is 44.8 Å². The van der Waals surface area contributed by atoms with Crippen molar-refractivity contribution in [3.63, 3.8) is 0 Å². The molecule has 1 heterocycles. The highest BCUT2D eigenvalue weighted by Gasteiger charge is 2.21. The van der Waals surface area contributed by atoms with Gasteiger partial charge in [0.25, 0.3) is 0 Å². The molecule has 1 aromatic heterocycles. The molecule has 0 radical (unpaired) electrons. The molecular weight excluding hydrogens is 382 g/mol. The van der Waals surface area contributed by atoms with Crippen molar-refractivity contribution in [1.82, 2.24) is 14.4 Å². The number of anilines is 1. The third-order valence-electron chi connectivity index (χ3n) is 4.53. The third-order valence-corrected chi connectivity index (χ3v) is 4.53. The normalized spacial score (nSPS) is 10.2. The Bertz CT molecular complexity index is 915. The van der Waals surface area contributed by atoms with Crippen molar-refractivity contribution >= 4 is 17.6 Å². The Morgan fingerprint density at radius 2 is 2.10 bits per heavy atom. The van der Waals surface area contributed by atoms with Crippen LogP contribution in [0.15, 0.2) is 55.3 Å². The van der Waals surface area contributed by atoms with Crippen LogP contribution < -0.4 is 5.32 Å². The van der Waals surface area contributed by atoms with E-state index in [1.165, 1.54) is 4.90 Å². The summed E-state index contributed by atoms with van der Waals surface area (Å²) in [5.41, 5.74) is 1.90. The summed E-state index contributed by atoms with van der Waals surface area (Å²) < 4.78 is 7.08. The SMILES string of the molecule is C=CCN(CC(=O)N(CCOC)Cc1cccn1C)C(=O)Nc1cccc(C#N)c1. The van der Waals surface area contributed by atoms with Gasteiger partial charge in [0.05, 0.1) is 24.8 Å². The number of hydrogen-bond acceptors (Lipinski definition) is 4. The van der Waals surface area contributed by atoms with Crippen molar-refractivity contribution < 1.29 is 14.3 Å². The number of nitriles is 1. The number of carbonyl (C=O) groups is 2. The molecule has 2 rings (SSSR count). The maximum Gasteiger partial charge on any atom is 0.322 e. The number of nitrogens with zero attached hydrogens (tertiary/aromatic N) is 4. The minimum Gasteiger partial charge on any atom is -0.383 e. The predicted molar refractivity (Wildman–Crippen MR) is 115 cm³/mol. The number of nitrogens with one attached hydrogen (secondary N) is 1. The lowest BCUT2D eigenvalue weighted by molar-refractivity contribution is -0.133. The van der Waals surface area contributed by atoms with Crippen molar-refractivity contribution in [3.8, 4) is 6.07 Å². The van der Waals surface area contributed by atoms with Gasteiger partial charge in [0.1, 0.15) is 6.54 Å². The highest BCUT2D eigenvalue weighted by atomic mass is 16.5. The first-order valence-electron chi connectivity index (χ1n) is 9.52. The van der Waals surface area contributed by atoms with Crippen LogP contribution in [-0.2, 0) is 23.1 Å². The molecule has 1 N–H and O–H groups in total. The topological polar surface area (TPSA) is 90.6 Å². The smallest absolute Gasteiger partial charge is 0.322 e. The number of urea groups is 1. The van der Waals surface area contributed by atoms with Crippen LogP contribution in [0.5, 0.6) is 0 Å². The molecule has 3 amide bonds. The number of carbonyl (C=O) groups excluding carboxylic acids is 2. The number of aryl methyl sites for hydroxylation is 1. The molecule has 0 saturated carbocycles. The van der Waals surface area contributed by atoms with Crippen LogP contribution in [-0.4, -0.2) is 59.7 Å². The van der Waals surface area contributed by atoms with Crippen LogP contribution in [0.1, 0.15) is 11.3 Å². The van der Waals surface area contributed by atoms with E-state index >= 15 is 0 Å². The van der Waals surface area contributed by atoms with E-state index in [2.05, 4.69) is 11.9 Å². The van der Waals surface area contributed by atoms with Gasteiger partial charge in [-0.25, -0.2) is 4.79 Å². The standard InChI is InChI=1S/C22H27N5O3/c1-4-10-27(22(29)24-19-8-5-7-18(14-19)15-23)17-21(28)26(12-13-30-3)16-20-9-6-11-25(20)2/h4-9,11,14H,1,10,12-13,16-17H2,2-3H3,(H,24,29). The van der Waals surface area contributed by atoms with Crippen LogP contribution in [0.2, 0.25) is 0 Å². The first kappa shape index (κ1) is 22.7. The molecule has 0 aliphatic heterocycles. The second kappa shape index (κ2) is 11.4. The zero-order valence-corrected chi connectivity index (χ0v) is 17.4. The molecule has 8 nitrogen and oxygen atoms in total. The highest BCUT2D eigenvalue weighted by Crippen LogP contribution is 2.12. The quantitative estimate of drug-likeness (QED) is 0.611. The fraction of sp³-hybridized carbons (Fsp3) is 0.318. The summed E-state index contributed by atoms with van der Waals surface area (Å²) >= 11 is 0. The number of benzene rings is 1. The Morgan fingerprint density at radius 1 is 1.30 bits per heavy atom. The summed E-state index contributed by atoms with van der Waals surface area (Å²) in [6, 6.07) is 12.1. The number of methoxy groups -OCH3 is 1. The third kappa shape index (κ3) is 6.50. The molecule has 158 valence electrons. The van der Waals surface area contributed by atoms with Crippen molar-refractivity contribution in [2.24, 2.45) is 7.05 Å². The van der Waals surface area contributed by atoms with E-state index in [9.17, 15) is 9.59 Å². The molecule has 0 atom stereocenters. The zero-order valence-electron chi connectivity index (χ0n) is 17.4. The summed E-state index contributed by atoms with van der Waals surface area (Å²) in [4.78, 5) is 28.8. The van der Waals surface area contributed by atoms with E-state index < -0.39 is 6.03 Å².